The first-order chi connectivity index (χ1) is 15.0. The first kappa shape index (κ1) is 23.8. The number of amides is 1. The number of hydrogen-bond donors (Lipinski definition) is 2. The lowest BCUT2D eigenvalue weighted by Gasteiger charge is -2.23. The summed E-state index contributed by atoms with van der Waals surface area (Å²) >= 11 is 0. The molecule has 2 heterocycles. The van der Waals surface area contributed by atoms with E-state index >= 15 is 0 Å². The third-order valence-corrected chi connectivity index (χ3v) is 5.61. The van der Waals surface area contributed by atoms with E-state index in [0.717, 1.165) is 19.6 Å². The number of carbonyl (C=O) groups excluding carboxylic acids is 1. The van der Waals surface area contributed by atoms with E-state index in [4.69, 9.17) is 14.4 Å². The number of carboxylic acids is 1. The van der Waals surface area contributed by atoms with Gasteiger partial charge in [0.1, 0.15) is 5.76 Å². The van der Waals surface area contributed by atoms with Gasteiger partial charge < -0.3 is 19.8 Å². The molecule has 0 bridgehead atoms. The summed E-state index contributed by atoms with van der Waals surface area (Å²) in [5.74, 6) is -0.682. The Morgan fingerprint density at radius 3 is 2.41 bits per heavy atom. The summed E-state index contributed by atoms with van der Waals surface area (Å²) in [6.07, 6.45) is -5.08. The molecule has 10 heteroatoms. The Morgan fingerprint density at radius 2 is 1.88 bits per heavy atom. The van der Waals surface area contributed by atoms with Crippen molar-refractivity contribution in [1.29, 1.82) is 0 Å². The highest BCUT2D eigenvalue weighted by molar-refractivity contribution is 5.92. The second-order valence-corrected chi connectivity index (χ2v) is 8.59. The van der Waals surface area contributed by atoms with Crippen LogP contribution in [0, 0.1) is 18.8 Å². The lowest BCUT2D eigenvalue weighted by molar-refractivity contribution is -0.192. The van der Waals surface area contributed by atoms with Gasteiger partial charge >= 0.3 is 12.1 Å². The number of aryl methyl sites for hydroxylation is 1. The van der Waals surface area contributed by atoms with Crippen molar-refractivity contribution in [2.75, 3.05) is 19.6 Å². The number of alkyl halides is 3. The molecule has 1 aliphatic carbocycles. The third-order valence-electron chi connectivity index (χ3n) is 5.61. The molecule has 32 heavy (non-hydrogen) atoms. The van der Waals surface area contributed by atoms with Crippen molar-refractivity contribution >= 4 is 11.9 Å². The minimum absolute atomic E-state index is 0.0443. The zero-order valence-corrected chi connectivity index (χ0v) is 18.0. The average Bonchev–Trinajstić information content (AvgIpc) is 3.37. The highest BCUT2D eigenvalue weighted by atomic mass is 19.4. The Morgan fingerprint density at radius 1 is 1.25 bits per heavy atom. The molecular weight excluding hydrogens is 427 g/mol. The molecule has 0 spiro atoms. The largest absolute Gasteiger partial charge is 0.490 e. The summed E-state index contributed by atoms with van der Waals surface area (Å²) in [4.78, 5) is 24.1. The lowest BCUT2D eigenvalue weighted by atomic mass is 9.94. The first-order valence-corrected chi connectivity index (χ1v) is 10.3. The summed E-state index contributed by atoms with van der Waals surface area (Å²) in [7, 11) is 0. The number of fused-ring (bicyclic) bond motifs is 3. The molecule has 174 valence electrons. The Kier molecular flexibility index (Phi) is 6.92. The molecule has 4 rings (SSSR count). The van der Waals surface area contributed by atoms with Crippen LogP contribution in [0.5, 0.6) is 0 Å². The number of nitrogens with zero attached hydrogens (tertiary/aromatic N) is 2. The third kappa shape index (κ3) is 5.29. The van der Waals surface area contributed by atoms with E-state index in [2.05, 4.69) is 53.5 Å². The van der Waals surface area contributed by atoms with E-state index in [0.29, 0.717) is 29.2 Å². The Hall–Kier alpha value is -2.88. The topological polar surface area (TPSA) is 95.7 Å². The first-order valence-electron chi connectivity index (χ1n) is 10.3. The van der Waals surface area contributed by atoms with Gasteiger partial charge in [-0.2, -0.15) is 13.2 Å². The Balaban J connectivity index is 0.000000360. The quantitative estimate of drug-likeness (QED) is 0.732. The van der Waals surface area contributed by atoms with Crippen LogP contribution in [-0.2, 0) is 4.79 Å². The number of aromatic nitrogens is 1. The maximum absolute atomic E-state index is 12.6. The summed E-state index contributed by atoms with van der Waals surface area (Å²) < 4.78 is 36.8. The van der Waals surface area contributed by atoms with E-state index < -0.39 is 12.1 Å². The minimum Gasteiger partial charge on any atom is -0.475 e. The highest BCUT2D eigenvalue weighted by Crippen LogP contribution is 2.49. The van der Waals surface area contributed by atoms with E-state index in [-0.39, 0.29) is 11.9 Å². The van der Waals surface area contributed by atoms with Crippen LogP contribution in [0.3, 0.4) is 0 Å². The van der Waals surface area contributed by atoms with Crippen molar-refractivity contribution in [3.05, 3.63) is 52.9 Å². The smallest absolute Gasteiger partial charge is 0.475 e. The standard InChI is InChI=1S/C20H25N3O2.C2HF3O2/c1-12(2)9-23-10-16-14-6-4-5-7-15(14)19(17(16)11-23)21-20(24)18-8-13(3)25-22-18;3-2(4,5)1(6)7/h4-8,12,16-17,19H,9-11H2,1-3H3,(H,21,24);(H,6,7)/t16-,17-,19+;/m0./s1. The molecule has 2 N–H and O–H groups in total. The lowest BCUT2D eigenvalue weighted by Crippen LogP contribution is -2.34. The molecule has 0 unspecified atom stereocenters. The Labute approximate surface area is 183 Å². The molecule has 1 saturated heterocycles. The number of likely N-dealkylation sites (tertiary alicyclic amines) is 1. The monoisotopic (exact) mass is 453 g/mol. The molecule has 3 atom stereocenters. The molecule has 1 aromatic carbocycles. The summed E-state index contributed by atoms with van der Waals surface area (Å²) in [5, 5.41) is 14.2. The van der Waals surface area contributed by atoms with Gasteiger partial charge in [-0.15, -0.1) is 0 Å². The van der Waals surface area contributed by atoms with Crippen LogP contribution in [0.1, 0.15) is 53.2 Å². The van der Waals surface area contributed by atoms with Crippen LogP contribution in [0.4, 0.5) is 13.2 Å². The number of halogens is 3. The zero-order chi connectivity index (χ0) is 23.6. The van der Waals surface area contributed by atoms with Crippen LogP contribution in [0.25, 0.3) is 0 Å². The molecule has 1 aromatic heterocycles. The van der Waals surface area contributed by atoms with Gasteiger partial charge in [-0.3, -0.25) is 4.79 Å². The molecule has 1 amide bonds. The predicted molar refractivity (Wildman–Crippen MR) is 109 cm³/mol. The van der Waals surface area contributed by atoms with Crippen molar-refractivity contribution in [2.45, 2.75) is 38.9 Å². The van der Waals surface area contributed by atoms with Gasteiger partial charge in [-0.05, 0) is 24.0 Å². The van der Waals surface area contributed by atoms with Gasteiger partial charge in [0.05, 0.1) is 6.04 Å². The van der Waals surface area contributed by atoms with E-state index in [1.807, 2.05) is 0 Å². The number of carbonyl (C=O) groups is 2. The molecule has 1 fully saturated rings. The zero-order valence-electron chi connectivity index (χ0n) is 18.0. The van der Waals surface area contributed by atoms with E-state index in [9.17, 15) is 18.0 Å². The van der Waals surface area contributed by atoms with Crippen molar-refractivity contribution in [3.8, 4) is 0 Å². The number of benzene rings is 1. The maximum Gasteiger partial charge on any atom is 0.490 e. The van der Waals surface area contributed by atoms with Gasteiger partial charge in [0.2, 0.25) is 0 Å². The maximum atomic E-state index is 12.6. The van der Waals surface area contributed by atoms with Crippen LogP contribution in [0.15, 0.2) is 34.9 Å². The van der Waals surface area contributed by atoms with Gasteiger partial charge in [0.15, 0.2) is 5.69 Å². The Bertz CT molecular complexity index is 973. The molecular formula is C22H26F3N3O4. The number of aliphatic carboxylic acids is 1. The summed E-state index contributed by atoms with van der Waals surface area (Å²) in [5.41, 5.74) is 3.01. The van der Waals surface area contributed by atoms with Gasteiger partial charge in [-0.1, -0.05) is 43.3 Å². The number of hydrogen-bond acceptors (Lipinski definition) is 5. The second kappa shape index (κ2) is 9.32. The highest BCUT2D eigenvalue weighted by Gasteiger charge is 2.46. The SMILES string of the molecule is Cc1cc(C(=O)N[C@@H]2c3ccccc3[C@@H]3CN(CC(C)C)C[C@H]23)no1.O=C(O)C(F)(F)F. The molecule has 0 saturated carbocycles. The number of rotatable bonds is 4. The molecule has 2 aliphatic rings. The second-order valence-electron chi connectivity index (χ2n) is 8.59. The van der Waals surface area contributed by atoms with Crippen molar-refractivity contribution in [2.24, 2.45) is 11.8 Å². The van der Waals surface area contributed by atoms with Gasteiger partial charge in [0, 0.05) is 37.5 Å². The summed E-state index contributed by atoms with van der Waals surface area (Å²) in [6, 6.07) is 10.3. The van der Waals surface area contributed by atoms with E-state index in [1.54, 1.807) is 13.0 Å². The van der Waals surface area contributed by atoms with Crippen LogP contribution >= 0.6 is 0 Å². The molecule has 0 radical (unpaired) electrons. The fourth-order valence-electron chi connectivity index (χ4n) is 4.48. The van der Waals surface area contributed by atoms with Crippen LogP contribution in [0.2, 0.25) is 0 Å². The van der Waals surface area contributed by atoms with Crippen LogP contribution < -0.4 is 5.32 Å². The average molecular weight is 453 g/mol. The number of carboxylic acid groups (broad SMARTS) is 1. The molecule has 2 aromatic rings. The van der Waals surface area contributed by atoms with E-state index in [1.165, 1.54) is 11.1 Å². The van der Waals surface area contributed by atoms with Crippen molar-refractivity contribution < 1.29 is 32.4 Å². The van der Waals surface area contributed by atoms with Crippen molar-refractivity contribution in [3.63, 3.8) is 0 Å². The van der Waals surface area contributed by atoms with Crippen molar-refractivity contribution in [1.82, 2.24) is 15.4 Å². The fraction of sp³-hybridized carbons (Fsp3) is 0.500. The fourth-order valence-corrected chi connectivity index (χ4v) is 4.48. The predicted octanol–water partition coefficient (Wildman–Crippen LogP) is 3.77. The number of nitrogens with one attached hydrogen (secondary N) is 1. The summed E-state index contributed by atoms with van der Waals surface area (Å²) in [6.45, 7) is 9.53. The molecule has 1 aliphatic heterocycles. The normalized spacial score (nSPS) is 22.2. The minimum atomic E-state index is -5.08. The molecule has 7 nitrogen and oxygen atoms in total. The van der Waals surface area contributed by atoms with Crippen LogP contribution in [-0.4, -0.2) is 52.9 Å². The van der Waals surface area contributed by atoms with Gasteiger partial charge in [-0.25, -0.2) is 4.79 Å². The van der Waals surface area contributed by atoms with Gasteiger partial charge in [0.25, 0.3) is 5.91 Å².